The van der Waals surface area contributed by atoms with E-state index < -0.39 is 11.5 Å². The zero-order valence-corrected chi connectivity index (χ0v) is 12.6. The Labute approximate surface area is 126 Å². The van der Waals surface area contributed by atoms with E-state index in [1.54, 1.807) is 4.90 Å². The lowest BCUT2D eigenvalue weighted by Crippen LogP contribution is -2.59. The lowest BCUT2D eigenvalue weighted by Gasteiger charge is -2.38. The molecule has 0 aromatic heterocycles. The predicted octanol–water partition coefficient (Wildman–Crippen LogP) is 2.07. The number of rotatable bonds is 5. The summed E-state index contributed by atoms with van der Waals surface area (Å²) in [4.78, 5) is 25.7. The molecule has 0 aromatic rings. The van der Waals surface area contributed by atoms with Crippen molar-refractivity contribution in [1.82, 2.24) is 10.2 Å². The summed E-state index contributed by atoms with van der Waals surface area (Å²) in [5.74, 6) is 2.38. The molecule has 2 N–H and O–H groups in total. The van der Waals surface area contributed by atoms with E-state index in [1.165, 1.54) is 0 Å². The first-order valence-electron chi connectivity index (χ1n) is 7.71. The van der Waals surface area contributed by atoms with Gasteiger partial charge in [-0.05, 0) is 37.5 Å². The molecule has 0 heterocycles. The van der Waals surface area contributed by atoms with Crippen LogP contribution in [0.15, 0.2) is 0 Å². The van der Waals surface area contributed by atoms with Gasteiger partial charge in [-0.1, -0.05) is 25.7 Å². The molecule has 2 rings (SSSR count). The molecule has 21 heavy (non-hydrogen) atoms. The van der Waals surface area contributed by atoms with E-state index in [2.05, 4.69) is 11.2 Å². The number of hydrogen-bond donors (Lipinski definition) is 2. The van der Waals surface area contributed by atoms with Crippen molar-refractivity contribution in [2.24, 2.45) is 11.8 Å². The van der Waals surface area contributed by atoms with Gasteiger partial charge in [0.15, 0.2) is 0 Å². The van der Waals surface area contributed by atoms with Gasteiger partial charge in [-0.25, -0.2) is 9.59 Å². The molecular weight excluding hydrogens is 268 g/mol. The molecule has 0 spiro atoms. The summed E-state index contributed by atoms with van der Waals surface area (Å²) < 4.78 is 0. The maximum Gasteiger partial charge on any atom is 0.329 e. The Morgan fingerprint density at radius 2 is 2.14 bits per heavy atom. The third-order valence-corrected chi connectivity index (χ3v) is 4.50. The van der Waals surface area contributed by atoms with Crippen LogP contribution in [0.4, 0.5) is 4.79 Å². The number of terminal acetylenes is 1. The van der Waals surface area contributed by atoms with E-state index in [9.17, 15) is 14.7 Å². The van der Waals surface area contributed by atoms with Crippen LogP contribution < -0.4 is 5.32 Å². The number of carboxylic acids is 1. The molecule has 2 atom stereocenters. The highest BCUT2D eigenvalue weighted by atomic mass is 16.4. The average molecular weight is 292 g/mol. The van der Waals surface area contributed by atoms with Crippen LogP contribution in [0.2, 0.25) is 0 Å². The first-order chi connectivity index (χ1) is 9.97. The first kappa shape index (κ1) is 15.7. The molecule has 0 aromatic carbocycles. The van der Waals surface area contributed by atoms with E-state index in [0.717, 1.165) is 25.7 Å². The molecule has 5 nitrogen and oxygen atoms in total. The summed E-state index contributed by atoms with van der Waals surface area (Å²) in [6, 6.07) is -0.337. The molecule has 0 radical (unpaired) electrons. The van der Waals surface area contributed by atoms with Crippen molar-refractivity contribution in [2.45, 2.75) is 51.0 Å². The molecule has 2 unspecified atom stereocenters. The van der Waals surface area contributed by atoms with Crippen molar-refractivity contribution in [2.75, 3.05) is 13.1 Å². The van der Waals surface area contributed by atoms with Crippen LogP contribution in [0.5, 0.6) is 0 Å². The topological polar surface area (TPSA) is 69.6 Å². The second-order valence-electron chi connectivity index (χ2n) is 6.55. The van der Waals surface area contributed by atoms with E-state index >= 15 is 0 Å². The second kappa shape index (κ2) is 6.38. The zero-order valence-electron chi connectivity index (χ0n) is 12.6. The van der Waals surface area contributed by atoms with Gasteiger partial charge in [-0.3, -0.25) is 0 Å². The fraction of sp³-hybridized carbons (Fsp3) is 0.750. The fourth-order valence-electron chi connectivity index (χ4n) is 3.14. The van der Waals surface area contributed by atoms with Gasteiger partial charge in [0.25, 0.3) is 0 Å². The first-order valence-corrected chi connectivity index (χ1v) is 7.71. The number of carboxylic acid groups (broad SMARTS) is 1. The van der Waals surface area contributed by atoms with Crippen molar-refractivity contribution in [1.29, 1.82) is 0 Å². The van der Waals surface area contributed by atoms with E-state index in [-0.39, 0.29) is 12.6 Å². The molecule has 2 amide bonds. The van der Waals surface area contributed by atoms with Crippen LogP contribution >= 0.6 is 0 Å². The van der Waals surface area contributed by atoms with Gasteiger partial charge >= 0.3 is 12.0 Å². The van der Waals surface area contributed by atoms with E-state index in [4.69, 9.17) is 6.42 Å². The molecule has 0 aliphatic heterocycles. The number of amides is 2. The lowest BCUT2D eigenvalue weighted by molar-refractivity contribution is -0.146. The Kier molecular flexibility index (Phi) is 4.76. The van der Waals surface area contributed by atoms with Crippen LogP contribution in [0.25, 0.3) is 0 Å². The lowest BCUT2D eigenvalue weighted by atomic mass is 9.76. The highest BCUT2D eigenvalue weighted by Gasteiger charge is 2.44. The molecule has 5 heteroatoms. The van der Waals surface area contributed by atoms with E-state index in [1.807, 2.05) is 6.92 Å². The Balaban J connectivity index is 2.05. The molecule has 2 aliphatic carbocycles. The Bertz CT molecular complexity index is 453. The maximum atomic E-state index is 12.4. The molecule has 2 aliphatic rings. The van der Waals surface area contributed by atoms with Crippen LogP contribution in [0, 0.1) is 24.2 Å². The Morgan fingerprint density at radius 3 is 2.67 bits per heavy atom. The Hall–Kier alpha value is -1.70. The van der Waals surface area contributed by atoms with Crippen molar-refractivity contribution in [3.63, 3.8) is 0 Å². The number of hydrogen-bond acceptors (Lipinski definition) is 2. The van der Waals surface area contributed by atoms with Gasteiger partial charge in [-0.15, -0.1) is 6.42 Å². The molecule has 0 bridgehead atoms. The van der Waals surface area contributed by atoms with Gasteiger partial charge in [0.2, 0.25) is 0 Å². The minimum atomic E-state index is -1.13. The maximum absolute atomic E-state index is 12.4. The third kappa shape index (κ3) is 3.90. The summed E-state index contributed by atoms with van der Waals surface area (Å²) in [5.41, 5.74) is -1.13. The summed E-state index contributed by atoms with van der Waals surface area (Å²) in [7, 11) is 0. The second-order valence-corrected chi connectivity index (χ2v) is 6.55. The van der Waals surface area contributed by atoms with Crippen molar-refractivity contribution < 1.29 is 14.7 Å². The SMILES string of the molecule is C#CCN(CC1CC1)C(=O)NC1(C(=O)O)CCCC(C)C1. The van der Waals surface area contributed by atoms with Gasteiger partial charge in [-0.2, -0.15) is 0 Å². The highest BCUT2D eigenvalue weighted by molar-refractivity contribution is 5.86. The number of aliphatic carboxylic acids is 1. The zero-order chi connectivity index (χ0) is 15.5. The number of carbonyl (C=O) groups excluding carboxylic acids is 1. The van der Waals surface area contributed by atoms with E-state index in [0.29, 0.717) is 31.2 Å². The molecule has 116 valence electrons. The minimum Gasteiger partial charge on any atom is -0.480 e. The number of urea groups is 1. The van der Waals surface area contributed by atoms with Gasteiger partial charge < -0.3 is 15.3 Å². The van der Waals surface area contributed by atoms with Crippen molar-refractivity contribution in [3.8, 4) is 12.3 Å². The average Bonchev–Trinajstić information content (AvgIpc) is 3.22. The van der Waals surface area contributed by atoms with Crippen LogP contribution in [0.1, 0.15) is 45.4 Å². The molecular formula is C16H24N2O3. The van der Waals surface area contributed by atoms with Crippen LogP contribution in [-0.4, -0.2) is 40.6 Å². The minimum absolute atomic E-state index is 0.230. The molecule has 2 saturated carbocycles. The van der Waals surface area contributed by atoms with Gasteiger partial charge in [0, 0.05) is 6.54 Å². The monoisotopic (exact) mass is 292 g/mol. The highest BCUT2D eigenvalue weighted by Crippen LogP contribution is 2.33. The summed E-state index contributed by atoms with van der Waals surface area (Å²) in [6.45, 7) is 2.89. The summed E-state index contributed by atoms with van der Waals surface area (Å²) in [6.07, 6.45) is 10.4. The fourth-order valence-corrected chi connectivity index (χ4v) is 3.14. The van der Waals surface area contributed by atoms with Crippen LogP contribution in [-0.2, 0) is 4.79 Å². The quantitative estimate of drug-likeness (QED) is 0.762. The van der Waals surface area contributed by atoms with Gasteiger partial charge in [0.1, 0.15) is 5.54 Å². The standard InChI is InChI=1S/C16H24N2O3/c1-3-9-18(11-13-6-7-13)15(21)17-16(14(19)20)8-4-5-12(2)10-16/h1,12-13H,4-11H2,2H3,(H,17,21)(H,19,20). The molecule has 2 fully saturated rings. The van der Waals surface area contributed by atoms with Crippen molar-refractivity contribution in [3.05, 3.63) is 0 Å². The van der Waals surface area contributed by atoms with Gasteiger partial charge in [0.05, 0.1) is 6.54 Å². The number of carbonyl (C=O) groups is 2. The largest absolute Gasteiger partial charge is 0.480 e. The predicted molar refractivity (Wildman–Crippen MR) is 79.7 cm³/mol. The Morgan fingerprint density at radius 1 is 1.43 bits per heavy atom. The summed E-state index contributed by atoms with van der Waals surface area (Å²) >= 11 is 0. The summed E-state index contributed by atoms with van der Waals surface area (Å²) in [5, 5.41) is 12.4. The number of nitrogens with zero attached hydrogens (tertiary/aromatic N) is 1. The number of nitrogens with one attached hydrogen (secondary N) is 1. The third-order valence-electron chi connectivity index (χ3n) is 4.50. The smallest absolute Gasteiger partial charge is 0.329 e. The molecule has 0 saturated heterocycles. The van der Waals surface area contributed by atoms with Crippen LogP contribution in [0.3, 0.4) is 0 Å². The normalized spacial score (nSPS) is 28.5. The van der Waals surface area contributed by atoms with Crippen molar-refractivity contribution >= 4 is 12.0 Å².